The Kier molecular flexibility index (Phi) is 7.46. The van der Waals surface area contributed by atoms with Gasteiger partial charge in [-0.25, -0.2) is 4.79 Å². The summed E-state index contributed by atoms with van der Waals surface area (Å²) in [7, 11) is 1.16. The molecule has 1 aliphatic rings. The molecule has 1 aromatic rings. The van der Waals surface area contributed by atoms with Gasteiger partial charge in [0.05, 0.1) is 38.6 Å². The normalized spacial score (nSPS) is 28.1. The summed E-state index contributed by atoms with van der Waals surface area (Å²) in [4.78, 5) is 14.2. The molecule has 1 amide bonds. The molecule has 1 saturated heterocycles. The van der Waals surface area contributed by atoms with Crippen LogP contribution in [0.3, 0.4) is 0 Å². The van der Waals surface area contributed by atoms with Gasteiger partial charge < -0.3 is 29.7 Å². The topological polar surface area (TPSA) is 146 Å². The smallest absolute Gasteiger partial charge is 0.407 e. The number of ether oxygens (including phenoxy) is 3. The van der Waals surface area contributed by atoms with Gasteiger partial charge in [-0.15, -0.1) is 0 Å². The first-order valence-corrected chi connectivity index (χ1v) is 8.07. The Morgan fingerprint density at radius 1 is 1.46 bits per heavy atom. The summed E-state index contributed by atoms with van der Waals surface area (Å²) in [5.41, 5.74) is 9.44. The fourth-order valence-electron chi connectivity index (χ4n) is 2.53. The number of nitrogens with one attached hydrogen (secondary N) is 1. The standard InChI is InChI=1S/C15H19ClN4O6/c1-24-15(23)18-12-13(22)11(19-20-17)10(6-21)26-14(12)25-7-8-2-4-9(16)5-3-8/h2-5,10-14,21-22H,6-7H2,1H3,(H,18,23)/t10-,11+,12-,13+,14-/m1/s1. The molecular formula is C15H19ClN4O6. The number of carbonyl (C=O) groups is 1. The van der Waals surface area contributed by atoms with Gasteiger partial charge in [-0.1, -0.05) is 28.8 Å². The number of methoxy groups -OCH3 is 1. The van der Waals surface area contributed by atoms with E-state index in [1.165, 1.54) is 0 Å². The number of hydrogen-bond donors (Lipinski definition) is 3. The molecule has 1 heterocycles. The van der Waals surface area contributed by atoms with E-state index in [4.69, 9.17) is 26.6 Å². The average Bonchev–Trinajstić information content (AvgIpc) is 2.65. The van der Waals surface area contributed by atoms with Crippen LogP contribution < -0.4 is 5.32 Å². The zero-order chi connectivity index (χ0) is 19.1. The summed E-state index contributed by atoms with van der Waals surface area (Å²) in [5.74, 6) is 0. The van der Waals surface area contributed by atoms with Crippen LogP contribution in [0.25, 0.3) is 10.4 Å². The summed E-state index contributed by atoms with van der Waals surface area (Å²) in [6.07, 6.45) is -4.28. The molecule has 1 fully saturated rings. The zero-order valence-corrected chi connectivity index (χ0v) is 14.6. The molecule has 1 aromatic carbocycles. The lowest BCUT2D eigenvalue weighted by molar-refractivity contribution is -0.246. The Morgan fingerprint density at radius 3 is 2.73 bits per heavy atom. The second-order valence-corrected chi connectivity index (χ2v) is 5.95. The van der Waals surface area contributed by atoms with Crippen molar-refractivity contribution in [3.8, 4) is 0 Å². The minimum atomic E-state index is -1.36. The maximum absolute atomic E-state index is 11.6. The van der Waals surface area contributed by atoms with Crippen molar-refractivity contribution in [2.75, 3.05) is 13.7 Å². The fourth-order valence-corrected chi connectivity index (χ4v) is 2.66. The van der Waals surface area contributed by atoms with Crippen LogP contribution in [-0.4, -0.2) is 60.6 Å². The number of hydrogen-bond acceptors (Lipinski definition) is 7. The van der Waals surface area contributed by atoms with Gasteiger partial charge in [0.15, 0.2) is 6.29 Å². The molecule has 0 saturated carbocycles. The predicted octanol–water partition coefficient (Wildman–Crippen LogP) is 1.34. The summed E-state index contributed by atoms with van der Waals surface area (Å²) in [5, 5.41) is 26.4. The molecule has 0 aliphatic carbocycles. The van der Waals surface area contributed by atoms with Crippen LogP contribution in [0.5, 0.6) is 0 Å². The van der Waals surface area contributed by atoms with E-state index in [2.05, 4.69) is 20.1 Å². The first-order chi connectivity index (χ1) is 12.5. The molecule has 10 nitrogen and oxygen atoms in total. The highest BCUT2D eigenvalue weighted by molar-refractivity contribution is 6.30. The Morgan fingerprint density at radius 2 is 2.15 bits per heavy atom. The second kappa shape index (κ2) is 9.58. The maximum Gasteiger partial charge on any atom is 0.407 e. The van der Waals surface area contributed by atoms with Gasteiger partial charge in [0.25, 0.3) is 0 Å². The lowest BCUT2D eigenvalue weighted by Gasteiger charge is -2.42. The fraction of sp³-hybridized carbons (Fsp3) is 0.533. The number of benzene rings is 1. The highest BCUT2D eigenvalue weighted by Gasteiger charge is 2.46. The number of halogens is 1. The molecule has 0 bridgehead atoms. The number of nitrogens with zero attached hydrogens (tertiary/aromatic N) is 3. The Hall–Kier alpha value is -2.07. The first kappa shape index (κ1) is 20.2. The molecule has 2 rings (SSSR count). The largest absolute Gasteiger partial charge is 0.453 e. The molecule has 5 atom stereocenters. The van der Waals surface area contributed by atoms with Crippen LogP contribution in [0.2, 0.25) is 5.02 Å². The second-order valence-electron chi connectivity index (χ2n) is 5.51. The zero-order valence-electron chi connectivity index (χ0n) is 13.9. The molecule has 0 radical (unpaired) electrons. The molecule has 0 unspecified atom stereocenters. The SMILES string of the molecule is COC(=O)N[C@H]1[C@H](OCc2ccc(Cl)cc2)O[C@H](CO)[C@H](N=[N+]=[N-])[C@@H]1O. The molecular weight excluding hydrogens is 368 g/mol. The van der Waals surface area contributed by atoms with E-state index in [9.17, 15) is 15.0 Å². The average molecular weight is 387 g/mol. The van der Waals surface area contributed by atoms with Crippen LogP contribution in [0.15, 0.2) is 29.4 Å². The van der Waals surface area contributed by atoms with E-state index < -0.39 is 43.3 Å². The molecule has 142 valence electrons. The van der Waals surface area contributed by atoms with Crippen molar-refractivity contribution in [3.63, 3.8) is 0 Å². The predicted molar refractivity (Wildman–Crippen MR) is 90.3 cm³/mol. The van der Waals surface area contributed by atoms with Gasteiger partial charge in [0, 0.05) is 9.93 Å². The van der Waals surface area contributed by atoms with Gasteiger partial charge >= 0.3 is 6.09 Å². The van der Waals surface area contributed by atoms with E-state index >= 15 is 0 Å². The van der Waals surface area contributed by atoms with Crippen molar-refractivity contribution in [2.45, 2.75) is 37.2 Å². The molecule has 0 aromatic heterocycles. The lowest BCUT2D eigenvalue weighted by Crippen LogP contribution is -2.64. The van der Waals surface area contributed by atoms with Crippen molar-refractivity contribution < 1.29 is 29.2 Å². The van der Waals surface area contributed by atoms with Gasteiger partial charge in [-0.05, 0) is 23.2 Å². The molecule has 11 heteroatoms. The highest BCUT2D eigenvalue weighted by Crippen LogP contribution is 2.25. The maximum atomic E-state index is 11.6. The van der Waals surface area contributed by atoms with Crippen LogP contribution in [0, 0.1) is 0 Å². The third-order valence-electron chi connectivity index (χ3n) is 3.86. The molecule has 26 heavy (non-hydrogen) atoms. The van der Waals surface area contributed by atoms with Gasteiger partial charge in [-0.2, -0.15) is 0 Å². The van der Waals surface area contributed by atoms with Crippen LogP contribution in [-0.2, 0) is 20.8 Å². The van der Waals surface area contributed by atoms with E-state index in [1.807, 2.05) is 0 Å². The van der Waals surface area contributed by atoms with Crippen molar-refractivity contribution in [1.29, 1.82) is 0 Å². The third-order valence-corrected chi connectivity index (χ3v) is 4.12. The Bertz CT molecular complexity index is 654. The van der Waals surface area contributed by atoms with Crippen molar-refractivity contribution in [2.24, 2.45) is 5.11 Å². The number of aliphatic hydroxyl groups excluding tert-OH is 2. The van der Waals surface area contributed by atoms with Crippen molar-refractivity contribution >= 4 is 17.7 Å². The van der Waals surface area contributed by atoms with E-state index in [-0.39, 0.29) is 6.61 Å². The number of alkyl carbamates (subject to hydrolysis) is 1. The molecule has 1 aliphatic heterocycles. The van der Waals surface area contributed by atoms with Gasteiger partial charge in [0.2, 0.25) is 0 Å². The van der Waals surface area contributed by atoms with Gasteiger partial charge in [-0.3, -0.25) is 0 Å². The summed E-state index contributed by atoms with van der Waals surface area (Å²) in [6, 6.07) is 4.69. The number of rotatable bonds is 6. The Balaban J connectivity index is 2.16. The first-order valence-electron chi connectivity index (χ1n) is 7.69. The van der Waals surface area contributed by atoms with E-state index in [1.54, 1.807) is 24.3 Å². The lowest BCUT2D eigenvalue weighted by atomic mass is 9.95. The minimum absolute atomic E-state index is 0.0955. The quantitative estimate of drug-likeness (QED) is 0.382. The van der Waals surface area contributed by atoms with E-state index in [0.29, 0.717) is 5.02 Å². The van der Waals surface area contributed by atoms with Crippen LogP contribution in [0.1, 0.15) is 5.56 Å². The van der Waals surface area contributed by atoms with Crippen molar-refractivity contribution in [3.05, 3.63) is 45.3 Å². The number of aliphatic hydroxyl groups is 2. The number of azide groups is 1. The van der Waals surface area contributed by atoms with Crippen LogP contribution in [0.4, 0.5) is 4.79 Å². The summed E-state index contributed by atoms with van der Waals surface area (Å²) < 4.78 is 15.8. The molecule has 3 N–H and O–H groups in total. The van der Waals surface area contributed by atoms with Gasteiger partial charge in [0.1, 0.15) is 6.04 Å². The third kappa shape index (κ3) is 4.98. The minimum Gasteiger partial charge on any atom is -0.453 e. The van der Waals surface area contributed by atoms with Crippen molar-refractivity contribution in [1.82, 2.24) is 5.32 Å². The summed E-state index contributed by atoms with van der Waals surface area (Å²) in [6.45, 7) is -0.412. The van der Waals surface area contributed by atoms with E-state index in [0.717, 1.165) is 12.7 Å². The Labute approximate surface area is 154 Å². The monoisotopic (exact) mass is 386 g/mol. The highest BCUT2D eigenvalue weighted by atomic mass is 35.5. The van der Waals surface area contributed by atoms with Crippen LogP contribution >= 0.6 is 11.6 Å². The number of amides is 1. The molecule has 0 spiro atoms. The summed E-state index contributed by atoms with van der Waals surface area (Å²) >= 11 is 5.83. The number of carbonyl (C=O) groups excluding carboxylic acids is 1.